The molecule has 2 aliphatic rings. The van der Waals surface area contributed by atoms with Gasteiger partial charge in [-0.25, -0.2) is 0 Å². The maximum atomic E-state index is 12.7. The van der Waals surface area contributed by atoms with E-state index >= 15 is 0 Å². The van der Waals surface area contributed by atoms with Gasteiger partial charge in [-0.15, -0.1) is 0 Å². The van der Waals surface area contributed by atoms with E-state index in [-0.39, 0.29) is 30.7 Å². The van der Waals surface area contributed by atoms with Crippen LogP contribution in [0.3, 0.4) is 0 Å². The molecule has 2 aromatic rings. The van der Waals surface area contributed by atoms with Crippen molar-refractivity contribution in [1.29, 1.82) is 0 Å². The second-order valence-corrected chi connectivity index (χ2v) is 7.41. The van der Waals surface area contributed by atoms with E-state index < -0.39 is 0 Å². The first-order valence-corrected chi connectivity index (χ1v) is 9.69. The van der Waals surface area contributed by atoms with Crippen LogP contribution in [0.25, 0.3) is 0 Å². The highest BCUT2D eigenvalue weighted by Gasteiger charge is 2.34. The van der Waals surface area contributed by atoms with Crippen LogP contribution in [0.15, 0.2) is 54.6 Å². The standard InChI is InChI=1S/C22H23N3O3/c26-20-14-18-8-4-5-9-19(18)22(28)25(20)16-21(27)24-12-10-23(11-13-24)15-17-6-2-1-3-7-17/h1-9H,10-16H2/p+1. The topological polar surface area (TPSA) is 62.1 Å². The Hall–Kier alpha value is -2.99. The predicted octanol–water partition coefficient (Wildman–Crippen LogP) is 0.139. The fourth-order valence-electron chi connectivity index (χ4n) is 3.93. The molecule has 1 saturated heterocycles. The Kier molecular flexibility index (Phi) is 5.21. The van der Waals surface area contributed by atoms with Crippen molar-refractivity contribution in [3.63, 3.8) is 0 Å². The molecular weight excluding hydrogens is 354 g/mol. The minimum Gasteiger partial charge on any atom is -0.330 e. The molecule has 6 nitrogen and oxygen atoms in total. The number of imide groups is 1. The number of fused-ring (bicyclic) bond motifs is 1. The molecule has 0 unspecified atom stereocenters. The Morgan fingerprint density at radius 2 is 1.61 bits per heavy atom. The Morgan fingerprint density at radius 1 is 0.929 bits per heavy atom. The summed E-state index contributed by atoms with van der Waals surface area (Å²) in [6.07, 6.45) is 0.171. The molecule has 4 rings (SSSR count). The number of piperazine rings is 1. The maximum Gasteiger partial charge on any atom is 0.261 e. The quantitative estimate of drug-likeness (QED) is 0.770. The van der Waals surface area contributed by atoms with E-state index in [0.717, 1.165) is 30.1 Å². The molecule has 0 aromatic heterocycles. The number of hydrogen-bond donors (Lipinski definition) is 1. The van der Waals surface area contributed by atoms with Gasteiger partial charge in [-0.1, -0.05) is 48.5 Å². The van der Waals surface area contributed by atoms with Gasteiger partial charge in [0.25, 0.3) is 5.91 Å². The molecule has 0 radical (unpaired) electrons. The van der Waals surface area contributed by atoms with Crippen LogP contribution in [0.2, 0.25) is 0 Å². The van der Waals surface area contributed by atoms with Gasteiger partial charge in [-0.2, -0.15) is 0 Å². The van der Waals surface area contributed by atoms with Gasteiger partial charge in [0.2, 0.25) is 11.8 Å². The van der Waals surface area contributed by atoms with E-state index in [1.165, 1.54) is 10.5 Å². The average Bonchev–Trinajstić information content (AvgIpc) is 2.72. The molecule has 1 N–H and O–H groups in total. The third kappa shape index (κ3) is 3.82. The highest BCUT2D eigenvalue weighted by Crippen LogP contribution is 2.19. The normalized spacial score (nSPS) is 17.6. The second-order valence-electron chi connectivity index (χ2n) is 7.41. The molecule has 1 fully saturated rings. The zero-order valence-corrected chi connectivity index (χ0v) is 15.8. The van der Waals surface area contributed by atoms with Gasteiger partial charge in [0.05, 0.1) is 32.6 Å². The summed E-state index contributed by atoms with van der Waals surface area (Å²) in [5.41, 5.74) is 2.55. The first-order chi connectivity index (χ1) is 13.6. The number of carbonyl (C=O) groups excluding carboxylic acids is 3. The van der Waals surface area contributed by atoms with Crippen molar-refractivity contribution in [2.75, 3.05) is 32.7 Å². The van der Waals surface area contributed by atoms with Gasteiger partial charge < -0.3 is 9.80 Å². The van der Waals surface area contributed by atoms with E-state index in [9.17, 15) is 14.4 Å². The molecule has 6 heteroatoms. The van der Waals surface area contributed by atoms with Gasteiger partial charge in [0.1, 0.15) is 13.1 Å². The summed E-state index contributed by atoms with van der Waals surface area (Å²) in [7, 11) is 0. The minimum absolute atomic E-state index is 0.153. The van der Waals surface area contributed by atoms with Crippen molar-refractivity contribution in [2.45, 2.75) is 13.0 Å². The molecule has 2 heterocycles. The first kappa shape index (κ1) is 18.4. The van der Waals surface area contributed by atoms with Crippen LogP contribution in [-0.2, 0) is 22.6 Å². The van der Waals surface area contributed by atoms with Crippen LogP contribution in [0.1, 0.15) is 21.5 Å². The van der Waals surface area contributed by atoms with Gasteiger partial charge in [0.15, 0.2) is 0 Å². The van der Waals surface area contributed by atoms with Crippen LogP contribution >= 0.6 is 0 Å². The summed E-state index contributed by atoms with van der Waals surface area (Å²) >= 11 is 0. The lowest BCUT2D eigenvalue weighted by atomic mass is 9.98. The van der Waals surface area contributed by atoms with Crippen LogP contribution < -0.4 is 4.90 Å². The molecular formula is C22H24N3O3+. The third-order valence-corrected chi connectivity index (χ3v) is 5.55. The van der Waals surface area contributed by atoms with Gasteiger partial charge in [0, 0.05) is 11.1 Å². The molecule has 0 saturated carbocycles. The highest BCUT2D eigenvalue weighted by molar-refractivity contribution is 6.11. The number of hydrogen-bond acceptors (Lipinski definition) is 3. The number of amides is 3. The van der Waals surface area contributed by atoms with Crippen molar-refractivity contribution in [2.24, 2.45) is 0 Å². The lowest BCUT2D eigenvalue weighted by molar-refractivity contribution is -0.917. The fraction of sp³-hybridized carbons (Fsp3) is 0.318. The lowest BCUT2D eigenvalue weighted by Crippen LogP contribution is -3.13. The zero-order chi connectivity index (χ0) is 19.5. The van der Waals surface area contributed by atoms with Crippen LogP contribution in [0.5, 0.6) is 0 Å². The van der Waals surface area contributed by atoms with Crippen LogP contribution in [0.4, 0.5) is 0 Å². The van der Waals surface area contributed by atoms with E-state index in [1.807, 2.05) is 24.3 Å². The molecule has 0 atom stereocenters. The Morgan fingerprint density at radius 3 is 2.36 bits per heavy atom. The lowest BCUT2D eigenvalue weighted by Gasteiger charge is -2.34. The van der Waals surface area contributed by atoms with E-state index in [1.54, 1.807) is 23.1 Å². The molecule has 2 aromatic carbocycles. The SMILES string of the molecule is O=C(CN1C(=O)Cc2ccccc2C1=O)N1CC[NH+](Cc2ccccc2)CC1. The van der Waals surface area contributed by atoms with Crippen molar-refractivity contribution in [1.82, 2.24) is 9.80 Å². The summed E-state index contributed by atoms with van der Waals surface area (Å²) in [5.74, 6) is -0.821. The van der Waals surface area contributed by atoms with E-state index in [0.29, 0.717) is 18.7 Å². The fourth-order valence-corrected chi connectivity index (χ4v) is 3.93. The molecule has 28 heavy (non-hydrogen) atoms. The van der Waals surface area contributed by atoms with E-state index in [4.69, 9.17) is 0 Å². The number of benzene rings is 2. The number of quaternary nitrogens is 1. The largest absolute Gasteiger partial charge is 0.330 e. The van der Waals surface area contributed by atoms with E-state index in [2.05, 4.69) is 12.1 Å². The van der Waals surface area contributed by atoms with Gasteiger partial charge in [-0.05, 0) is 11.6 Å². The van der Waals surface area contributed by atoms with Crippen LogP contribution in [-0.4, -0.2) is 60.2 Å². The first-order valence-electron chi connectivity index (χ1n) is 9.69. The summed E-state index contributed by atoms with van der Waals surface area (Å²) in [5, 5.41) is 0. The number of rotatable bonds is 4. The average molecular weight is 378 g/mol. The van der Waals surface area contributed by atoms with Crippen molar-refractivity contribution in [3.8, 4) is 0 Å². The Labute approximate surface area is 164 Å². The Balaban J connectivity index is 1.33. The maximum absolute atomic E-state index is 12.7. The Bertz CT molecular complexity index is 889. The molecule has 3 amide bonds. The number of nitrogens with one attached hydrogen (secondary N) is 1. The van der Waals surface area contributed by atoms with Gasteiger partial charge >= 0.3 is 0 Å². The summed E-state index contributed by atoms with van der Waals surface area (Å²) < 4.78 is 0. The monoisotopic (exact) mass is 378 g/mol. The predicted molar refractivity (Wildman–Crippen MR) is 104 cm³/mol. The molecule has 0 aliphatic carbocycles. The van der Waals surface area contributed by atoms with Crippen molar-refractivity contribution < 1.29 is 19.3 Å². The van der Waals surface area contributed by atoms with Crippen molar-refractivity contribution >= 4 is 17.7 Å². The summed E-state index contributed by atoms with van der Waals surface area (Å²) in [4.78, 5) is 42.0. The minimum atomic E-state index is -0.367. The number of nitrogens with zero attached hydrogens (tertiary/aromatic N) is 2. The number of carbonyl (C=O) groups is 3. The highest BCUT2D eigenvalue weighted by atomic mass is 16.2. The van der Waals surface area contributed by atoms with Crippen molar-refractivity contribution in [3.05, 3.63) is 71.3 Å². The molecule has 144 valence electrons. The van der Waals surface area contributed by atoms with Crippen LogP contribution in [0, 0.1) is 0 Å². The molecule has 2 aliphatic heterocycles. The summed E-state index contributed by atoms with van der Waals surface area (Å²) in [6, 6.07) is 17.4. The third-order valence-electron chi connectivity index (χ3n) is 5.55. The summed E-state index contributed by atoms with van der Waals surface area (Å²) in [6.45, 7) is 3.81. The molecule has 0 spiro atoms. The second kappa shape index (κ2) is 7.94. The van der Waals surface area contributed by atoms with Gasteiger partial charge in [-0.3, -0.25) is 19.3 Å². The molecule has 0 bridgehead atoms. The smallest absolute Gasteiger partial charge is 0.261 e. The zero-order valence-electron chi connectivity index (χ0n) is 15.8.